The molecule has 3 aromatic rings. The summed E-state index contributed by atoms with van der Waals surface area (Å²) in [5.74, 6) is -0.995. The number of amides is 1. The molecule has 8 heteroatoms. The van der Waals surface area contributed by atoms with E-state index in [1.54, 1.807) is 30.3 Å². The number of anilines is 3. The number of nitrogens with zero attached hydrogens (tertiary/aromatic N) is 3. The number of hydrogen-bond donors (Lipinski definition) is 2. The molecule has 2 aliphatic rings. The lowest BCUT2D eigenvalue weighted by Crippen LogP contribution is -2.29. The third-order valence-electron chi connectivity index (χ3n) is 7.24. The van der Waals surface area contributed by atoms with Gasteiger partial charge in [-0.3, -0.25) is 14.5 Å². The maximum Gasteiger partial charge on any atom is 0.300 e. The standard InChI is InChI=1S/C30H31N3O5/c1-4-32(5-2)21-9-11-22(12-10-21)33-27(19-6-13-23(34)14-7-19)26(29(36)30(33)37)28(35)20-8-15-25-24(18-20)31(3)16-17-38-25/h6-15,18,27,34-35H,4-5,16-17H2,1-3H3/b28-26-. The molecule has 2 heterocycles. The van der Waals surface area contributed by atoms with Crippen LogP contribution >= 0.6 is 0 Å². The van der Waals surface area contributed by atoms with Gasteiger partial charge in [0.25, 0.3) is 11.7 Å². The molecule has 0 aromatic heterocycles. The van der Waals surface area contributed by atoms with Crippen molar-refractivity contribution in [1.82, 2.24) is 0 Å². The molecular weight excluding hydrogens is 482 g/mol. The van der Waals surface area contributed by atoms with Gasteiger partial charge in [0.15, 0.2) is 0 Å². The molecule has 5 rings (SSSR count). The van der Waals surface area contributed by atoms with Crippen molar-refractivity contribution in [2.24, 2.45) is 0 Å². The highest BCUT2D eigenvalue weighted by molar-refractivity contribution is 6.51. The fourth-order valence-corrected chi connectivity index (χ4v) is 5.14. The van der Waals surface area contributed by atoms with Crippen LogP contribution in [0.25, 0.3) is 5.76 Å². The number of benzene rings is 3. The number of aromatic hydroxyl groups is 1. The van der Waals surface area contributed by atoms with Crippen molar-refractivity contribution in [3.63, 3.8) is 0 Å². The molecule has 1 unspecified atom stereocenters. The van der Waals surface area contributed by atoms with Gasteiger partial charge in [0.2, 0.25) is 0 Å². The van der Waals surface area contributed by atoms with Crippen LogP contribution in [0.4, 0.5) is 17.1 Å². The molecule has 8 nitrogen and oxygen atoms in total. The first-order valence-corrected chi connectivity index (χ1v) is 12.8. The van der Waals surface area contributed by atoms with Gasteiger partial charge < -0.3 is 24.7 Å². The maximum atomic E-state index is 13.5. The zero-order valence-corrected chi connectivity index (χ0v) is 21.7. The fraction of sp³-hybridized carbons (Fsp3) is 0.267. The first-order valence-electron chi connectivity index (χ1n) is 12.8. The van der Waals surface area contributed by atoms with Crippen molar-refractivity contribution < 1.29 is 24.5 Å². The van der Waals surface area contributed by atoms with Gasteiger partial charge >= 0.3 is 0 Å². The summed E-state index contributed by atoms with van der Waals surface area (Å²) in [5.41, 5.74) is 3.35. The Bertz CT molecular complexity index is 1390. The molecule has 0 spiro atoms. The summed E-state index contributed by atoms with van der Waals surface area (Å²) in [6, 6.07) is 18.2. The Morgan fingerprint density at radius 3 is 2.34 bits per heavy atom. The molecule has 1 amide bonds. The zero-order chi connectivity index (χ0) is 27.0. The molecule has 2 N–H and O–H groups in total. The third kappa shape index (κ3) is 4.32. The predicted octanol–water partition coefficient (Wildman–Crippen LogP) is 4.69. The zero-order valence-electron chi connectivity index (χ0n) is 21.7. The second-order valence-corrected chi connectivity index (χ2v) is 9.40. The van der Waals surface area contributed by atoms with Gasteiger partial charge in [-0.15, -0.1) is 0 Å². The number of carbonyl (C=O) groups excluding carboxylic acids is 2. The Morgan fingerprint density at radius 1 is 1.00 bits per heavy atom. The van der Waals surface area contributed by atoms with Gasteiger partial charge in [-0.2, -0.15) is 0 Å². The van der Waals surface area contributed by atoms with Gasteiger partial charge in [-0.25, -0.2) is 0 Å². The Hall–Kier alpha value is -4.46. The number of hydrogen-bond acceptors (Lipinski definition) is 7. The molecule has 0 aliphatic carbocycles. The quantitative estimate of drug-likeness (QED) is 0.281. The van der Waals surface area contributed by atoms with E-state index in [0.717, 1.165) is 24.5 Å². The molecule has 2 aliphatic heterocycles. The van der Waals surface area contributed by atoms with Crippen LogP contribution in [-0.2, 0) is 9.59 Å². The molecule has 0 radical (unpaired) electrons. The lowest BCUT2D eigenvalue weighted by Gasteiger charge is -2.28. The van der Waals surface area contributed by atoms with Gasteiger partial charge in [-0.1, -0.05) is 12.1 Å². The van der Waals surface area contributed by atoms with E-state index in [1.807, 2.05) is 36.2 Å². The maximum absolute atomic E-state index is 13.5. The first kappa shape index (κ1) is 25.2. The number of Topliss-reactive ketones (excluding diaryl/α,β-unsaturated/α-hetero) is 1. The monoisotopic (exact) mass is 513 g/mol. The molecular formula is C30H31N3O5. The highest BCUT2D eigenvalue weighted by Crippen LogP contribution is 2.43. The number of aliphatic hydroxyl groups is 1. The number of fused-ring (bicyclic) bond motifs is 1. The van der Waals surface area contributed by atoms with E-state index < -0.39 is 17.7 Å². The molecule has 196 valence electrons. The molecule has 1 saturated heterocycles. The SMILES string of the molecule is CCN(CC)c1ccc(N2C(=O)C(=O)/C(=C(\O)c3ccc4c(c3)N(C)CCO4)C2c2ccc(O)cc2)cc1. The largest absolute Gasteiger partial charge is 0.508 e. The van der Waals surface area contributed by atoms with E-state index in [0.29, 0.717) is 35.7 Å². The summed E-state index contributed by atoms with van der Waals surface area (Å²) in [4.78, 5) is 32.6. The van der Waals surface area contributed by atoms with E-state index in [-0.39, 0.29) is 17.1 Å². The summed E-state index contributed by atoms with van der Waals surface area (Å²) < 4.78 is 5.72. The van der Waals surface area contributed by atoms with E-state index in [9.17, 15) is 19.8 Å². The van der Waals surface area contributed by atoms with E-state index >= 15 is 0 Å². The minimum Gasteiger partial charge on any atom is -0.508 e. The number of ether oxygens (including phenoxy) is 1. The van der Waals surface area contributed by atoms with E-state index in [4.69, 9.17) is 4.74 Å². The van der Waals surface area contributed by atoms with Gasteiger partial charge in [0.05, 0.1) is 23.8 Å². The second kappa shape index (κ2) is 10.1. The topological polar surface area (TPSA) is 93.6 Å². The summed E-state index contributed by atoms with van der Waals surface area (Å²) in [6.07, 6.45) is 0. The number of phenolic OH excluding ortho intramolecular Hbond substituents is 1. The van der Waals surface area contributed by atoms with Gasteiger partial charge in [0.1, 0.15) is 23.9 Å². The Morgan fingerprint density at radius 2 is 1.68 bits per heavy atom. The third-order valence-corrected chi connectivity index (χ3v) is 7.24. The minimum absolute atomic E-state index is 0.00663. The number of phenols is 1. The second-order valence-electron chi connectivity index (χ2n) is 9.40. The van der Waals surface area contributed by atoms with Crippen LogP contribution in [0.2, 0.25) is 0 Å². The molecule has 1 fully saturated rings. The minimum atomic E-state index is -0.875. The molecule has 1 atom stereocenters. The van der Waals surface area contributed by atoms with Crippen molar-refractivity contribution in [2.75, 3.05) is 48.0 Å². The molecule has 38 heavy (non-hydrogen) atoms. The number of aliphatic hydroxyl groups excluding tert-OH is 1. The van der Waals surface area contributed by atoms with Crippen LogP contribution in [0.3, 0.4) is 0 Å². The Labute approximate surface area is 222 Å². The van der Waals surface area contributed by atoms with Crippen molar-refractivity contribution in [2.45, 2.75) is 19.9 Å². The number of likely N-dealkylation sites (N-methyl/N-ethyl adjacent to an activating group) is 1. The average molecular weight is 514 g/mol. The first-order chi connectivity index (χ1) is 18.3. The molecule has 3 aromatic carbocycles. The average Bonchev–Trinajstić information content (AvgIpc) is 3.20. The van der Waals surface area contributed by atoms with Crippen LogP contribution in [-0.4, -0.2) is 55.2 Å². The summed E-state index contributed by atoms with van der Waals surface area (Å²) in [5, 5.41) is 21.4. The van der Waals surface area contributed by atoms with Crippen molar-refractivity contribution >= 4 is 34.5 Å². The number of ketones is 1. The highest BCUT2D eigenvalue weighted by atomic mass is 16.5. The van der Waals surface area contributed by atoms with Crippen LogP contribution in [0.15, 0.2) is 72.3 Å². The lowest BCUT2D eigenvalue weighted by atomic mass is 9.94. The van der Waals surface area contributed by atoms with Crippen LogP contribution < -0.4 is 19.4 Å². The fourth-order valence-electron chi connectivity index (χ4n) is 5.14. The van der Waals surface area contributed by atoms with E-state index in [1.165, 1.54) is 17.0 Å². The van der Waals surface area contributed by atoms with E-state index in [2.05, 4.69) is 18.7 Å². The van der Waals surface area contributed by atoms with Crippen LogP contribution in [0.5, 0.6) is 11.5 Å². The highest BCUT2D eigenvalue weighted by Gasteiger charge is 2.47. The van der Waals surface area contributed by atoms with Crippen molar-refractivity contribution in [3.8, 4) is 11.5 Å². The van der Waals surface area contributed by atoms with Crippen molar-refractivity contribution in [3.05, 3.63) is 83.4 Å². The summed E-state index contributed by atoms with van der Waals surface area (Å²) in [6.45, 7) is 7.09. The Balaban J connectivity index is 1.64. The van der Waals surface area contributed by atoms with Crippen molar-refractivity contribution in [1.29, 1.82) is 0 Å². The smallest absolute Gasteiger partial charge is 0.300 e. The van der Waals surface area contributed by atoms with Crippen LogP contribution in [0, 0.1) is 0 Å². The number of rotatable bonds is 6. The number of carbonyl (C=O) groups is 2. The van der Waals surface area contributed by atoms with Gasteiger partial charge in [-0.05, 0) is 74.0 Å². The normalized spacial score (nSPS) is 18.3. The summed E-state index contributed by atoms with van der Waals surface area (Å²) >= 11 is 0. The predicted molar refractivity (Wildman–Crippen MR) is 148 cm³/mol. The summed E-state index contributed by atoms with van der Waals surface area (Å²) in [7, 11) is 1.93. The van der Waals surface area contributed by atoms with Gasteiger partial charge in [0, 0.05) is 37.1 Å². The Kier molecular flexibility index (Phi) is 6.72. The lowest BCUT2D eigenvalue weighted by molar-refractivity contribution is -0.132. The molecule has 0 bridgehead atoms. The van der Waals surface area contributed by atoms with Crippen LogP contribution in [0.1, 0.15) is 31.0 Å². The molecule has 0 saturated carbocycles.